The van der Waals surface area contributed by atoms with Crippen LogP contribution in [0.4, 0.5) is 13.2 Å². The molecular weight excluding hydrogens is 323 g/mol. The molecule has 2 amide bonds. The van der Waals surface area contributed by atoms with E-state index in [4.69, 9.17) is 0 Å². The van der Waals surface area contributed by atoms with Crippen molar-refractivity contribution in [3.63, 3.8) is 0 Å². The molecule has 0 unspecified atom stereocenters. The normalized spacial score (nSPS) is 14.5. The molecule has 0 saturated heterocycles. The lowest BCUT2D eigenvalue weighted by atomic mass is 10.0. The molecule has 3 rings (SSSR count). The Bertz CT molecular complexity index is 801. The number of fused-ring (bicyclic) bond motifs is 1. The monoisotopic (exact) mass is 337 g/mol. The van der Waals surface area contributed by atoms with E-state index in [1.807, 2.05) is 0 Å². The number of alkyl halides is 3. The molecule has 126 valence electrons. The Hall–Kier alpha value is -2.64. The van der Waals surface area contributed by atoms with Crippen LogP contribution >= 0.6 is 0 Å². The first-order valence-electron chi connectivity index (χ1n) is 7.39. The van der Waals surface area contributed by atoms with Gasteiger partial charge in [-0.05, 0) is 18.9 Å². The fourth-order valence-electron chi connectivity index (χ4n) is 2.38. The fraction of sp³-hybridized carbons (Fsp3) is 0.312. The number of amides is 2. The number of para-hydroxylation sites is 1. The van der Waals surface area contributed by atoms with Crippen molar-refractivity contribution in [1.29, 1.82) is 0 Å². The maximum Gasteiger partial charge on any atom is 0.417 e. The second kappa shape index (κ2) is 6.10. The highest BCUT2D eigenvalue weighted by atomic mass is 19.4. The van der Waals surface area contributed by atoms with Gasteiger partial charge >= 0.3 is 6.18 Å². The molecule has 1 saturated carbocycles. The number of nitrogens with zero attached hydrogens (tertiary/aromatic N) is 1. The summed E-state index contributed by atoms with van der Waals surface area (Å²) in [5.74, 6) is -1.40. The maximum absolute atomic E-state index is 13.4. The molecule has 2 aromatic rings. The standard InChI is InChI=1S/C16H14F3N3O2/c17-16(18,19)14-10-3-1-2-4-12(10)20-7-11(14)15(24)21-8-13(23)22-9-5-6-9/h1-4,7,9H,5-6,8H2,(H,21,24)(H,22,23). The van der Waals surface area contributed by atoms with Crippen LogP contribution in [0.3, 0.4) is 0 Å². The van der Waals surface area contributed by atoms with E-state index in [9.17, 15) is 22.8 Å². The molecule has 2 N–H and O–H groups in total. The molecule has 1 heterocycles. The zero-order chi connectivity index (χ0) is 17.3. The van der Waals surface area contributed by atoms with Crippen molar-refractivity contribution in [2.75, 3.05) is 6.54 Å². The van der Waals surface area contributed by atoms with Gasteiger partial charge in [0, 0.05) is 17.6 Å². The average Bonchev–Trinajstić information content (AvgIpc) is 3.34. The molecule has 0 bridgehead atoms. The number of halogens is 3. The van der Waals surface area contributed by atoms with Gasteiger partial charge in [-0.15, -0.1) is 0 Å². The number of pyridine rings is 1. The molecule has 1 aliphatic rings. The smallest absolute Gasteiger partial charge is 0.352 e. The van der Waals surface area contributed by atoms with Crippen LogP contribution in [0.25, 0.3) is 10.9 Å². The number of hydrogen-bond donors (Lipinski definition) is 2. The Morgan fingerprint density at radius 1 is 1.21 bits per heavy atom. The summed E-state index contributed by atoms with van der Waals surface area (Å²) < 4.78 is 40.3. The van der Waals surface area contributed by atoms with Gasteiger partial charge in [-0.25, -0.2) is 0 Å². The molecule has 1 aromatic carbocycles. The van der Waals surface area contributed by atoms with Crippen molar-refractivity contribution < 1.29 is 22.8 Å². The zero-order valence-corrected chi connectivity index (χ0v) is 12.5. The van der Waals surface area contributed by atoms with E-state index in [0.717, 1.165) is 19.0 Å². The van der Waals surface area contributed by atoms with Crippen molar-refractivity contribution >= 4 is 22.7 Å². The lowest BCUT2D eigenvalue weighted by Crippen LogP contribution is -2.38. The van der Waals surface area contributed by atoms with Crippen LogP contribution in [-0.4, -0.2) is 29.4 Å². The second-order valence-corrected chi connectivity index (χ2v) is 5.59. The van der Waals surface area contributed by atoms with Crippen LogP contribution in [0.5, 0.6) is 0 Å². The summed E-state index contributed by atoms with van der Waals surface area (Å²) in [6.07, 6.45) is -2.07. The van der Waals surface area contributed by atoms with Gasteiger partial charge in [-0.3, -0.25) is 14.6 Å². The SMILES string of the molecule is O=C(CNC(=O)c1cnc2ccccc2c1C(F)(F)F)NC1CC1. The quantitative estimate of drug-likeness (QED) is 0.899. The maximum atomic E-state index is 13.4. The fourth-order valence-corrected chi connectivity index (χ4v) is 2.38. The summed E-state index contributed by atoms with van der Waals surface area (Å²) in [5, 5.41) is 4.71. The molecule has 24 heavy (non-hydrogen) atoms. The van der Waals surface area contributed by atoms with Gasteiger partial charge in [-0.2, -0.15) is 13.2 Å². The molecular formula is C16H14F3N3O2. The van der Waals surface area contributed by atoms with E-state index in [0.29, 0.717) is 0 Å². The van der Waals surface area contributed by atoms with E-state index in [-0.39, 0.29) is 23.5 Å². The third kappa shape index (κ3) is 3.47. The van der Waals surface area contributed by atoms with Gasteiger partial charge in [0.1, 0.15) is 0 Å². The van der Waals surface area contributed by atoms with Crippen molar-refractivity contribution in [3.05, 3.63) is 41.6 Å². The largest absolute Gasteiger partial charge is 0.417 e. The second-order valence-electron chi connectivity index (χ2n) is 5.59. The minimum absolute atomic E-state index is 0.113. The first kappa shape index (κ1) is 16.2. The van der Waals surface area contributed by atoms with Crippen molar-refractivity contribution in [1.82, 2.24) is 15.6 Å². The van der Waals surface area contributed by atoms with Crippen LogP contribution < -0.4 is 10.6 Å². The predicted molar refractivity (Wildman–Crippen MR) is 80.2 cm³/mol. The van der Waals surface area contributed by atoms with Gasteiger partial charge in [0.05, 0.1) is 23.2 Å². The highest BCUT2D eigenvalue weighted by molar-refractivity contribution is 6.01. The van der Waals surface area contributed by atoms with E-state index < -0.39 is 29.1 Å². The summed E-state index contributed by atoms with van der Waals surface area (Å²) in [7, 11) is 0. The van der Waals surface area contributed by atoms with Crippen LogP contribution in [-0.2, 0) is 11.0 Å². The number of carbonyl (C=O) groups is 2. The summed E-state index contributed by atoms with van der Waals surface area (Å²) >= 11 is 0. The molecule has 0 spiro atoms. The molecule has 8 heteroatoms. The number of aromatic nitrogens is 1. The Labute approximate surface area is 135 Å². The third-order valence-electron chi connectivity index (χ3n) is 3.66. The van der Waals surface area contributed by atoms with Crippen molar-refractivity contribution in [3.8, 4) is 0 Å². The van der Waals surface area contributed by atoms with Crippen LogP contribution in [0.2, 0.25) is 0 Å². The Morgan fingerprint density at radius 3 is 2.58 bits per heavy atom. The molecule has 0 radical (unpaired) electrons. The van der Waals surface area contributed by atoms with Gasteiger partial charge in [0.15, 0.2) is 0 Å². The van der Waals surface area contributed by atoms with Crippen LogP contribution in [0.15, 0.2) is 30.5 Å². The minimum atomic E-state index is -4.72. The predicted octanol–water partition coefficient (Wildman–Crippen LogP) is 2.26. The minimum Gasteiger partial charge on any atom is -0.352 e. The molecule has 1 fully saturated rings. The first-order chi connectivity index (χ1) is 11.4. The number of nitrogens with one attached hydrogen (secondary N) is 2. The van der Waals surface area contributed by atoms with Crippen LogP contribution in [0.1, 0.15) is 28.8 Å². The highest BCUT2D eigenvalue weighted by Gasteiger charge is 2.37. The van der Waals surface area contributed by atoms with E-state index in [2.05, 4.69) is 15.6 Å². The topological polar surface area (TPSA) is 71.1 Å². The Kier molecular flexibility index (Phi) is 4.13. The molecule has 1 aromatic heterocycles. The average molecular weight is 337 g/mol. The van der Waals surface area contributed by atoms with E-state index >= 15 is 0 Å². The first-order valence-corrected chi connectivity index (χ1v) is 7.39. The summed E-state index contributed by atoms with van der Waals surface area (Å²) in [6.45, 7) is -0.376. The van der Waals surface area contributed by atoms with Gasteiger partial charge in [0.25, 0.3) is 5.91 Å². The molecule has 5 nitrogen and oxygen atoms in total. The van der Waals surface area contributed by atoms with Crippen molar-refractivity contribution in [2.24, 2.45) is 0 Å². The third-order valence-corrected chi connectivity index (χ3v) is 3.66. The lowest BCUT2D eigenvalue weighted by Gasteiger charge is -2.15. The van der Waals surface area contributed by atoms with Gasteiger partial charge in [-0.1, -0.05) is 18.2 Å². The van der Waals surface area contributed by atoms with Crippen molar-refractivity contribution in [2.45, 2.75) is 25.1 Å². The highest BCUT2D eigenvalue weighted by Crippen LogP contribution is 2.36. The summed E-state index contributed by atoms with van der Waals surface area (Å²) in [4.78, 5) is 27.6. The summed E-state index contributed by atoms with van der Waals surface area (Å²) in [6, 6.07) is 5.83. The van der Waals surface area contributed by atoms with Gasteiger partial charge < -0.3 is 10.6 Å². The number of rotatable bonds is 4. The van der Waals surface area contributed by atoms with E-state index in [1.165, 1.54) is 18.2 Å². The number of benzene rings is 1. The lowest BCUT2D eigenvalue weighted by molar-refractivity contribution is -0.136. The zero-order valence-electron chi connectivity index (χ0n) is 12.5. The summed E-state index contributed by atoms with van der Waals surface area (Å²) in [5.41, 5.74) is -1.50. The molecule has 0 atom stereocenters. The molecule has 1 aliphatic carbocycles. The van der Waals surface area contributed by atoms with E-state index in [1.54, 1.807) is 6.07 Å². The molecule has 0 aliphatic heterocycles. The van der Waals surface area contributed by atoms with Crippen LogP contribution in [0, 0.1) is 0 Å². The Morgan fingerprint density at radius 2 is 1.92 bits per heavy atom. The Balaban J connectivity index is 1.87. The number of carbonyl (C=O) groups excluding carboxylic acids is 2. The number of hydrogen-bond acceptors (Lipinski definition) is 3. The van der Waals surface area contributed by atoms with Gasteiger partial charge in [0.2, 0.25) is 5.91 Å².